The Hall–Kier alpha value is -3.09. The number of aromatic nitrogens is 5. The van der Waals surface area contributed by atoms with Gasteiger partial charge in [0.1, 0.15) is 0 Å². The maximum atomic E-state index is 6.53. The Morgan fingerprint density at radius 2 is 1.66 bits per heavy atom. The van der Waals surface area contributed by atoms with Crippen molar-refractivity contribution in [3.8, 4) is 0 Å². The molecule has 0 N–H and O–H groups in total. The van der Waals surface area contributed by atoms with Gasteiger partial charge >= 0.3 is 0 Å². The first-order valence-electron chi connectivity index (χ1n) is 10.8. The minimum atomic E-state index is -0.00908. The quantitative estimate of drug-likeness (QED) is 0.355. The van der Waals surface area contributed by atoms with Crippen molar-refractivity contribution in [2.45, 2.75) is 39.5 Å². The summed E-state index contributed by atoms with van der Waals surface area (Å²) >= 11 is 6.53. The average molecular weight is 447 g/mol. The molecule has 1 atom stereocenters. The van der Waals surface area contributed by atoms with Gasteiger partial charge in [0.15, 0.2) is 5.82 Å². The van der Waals surface area contributed by atoms with Crippen molar-refractivity contribution in [1.82, 2.24) is 30.1 Å². The van der Waals surface area contributed by atoms with Crippen LogP contribution in [0.1, 0.15) is 42.4 Å². The zero-order valence-electron chi connectivity index (χ0n) is 18.3. The molecule has 0 unspecified atom stereocenters. The molecule has 0 aliphatic rings. The van der Waals surface area contributed by atoms with Gasteiger partial charge in [-0.1, -0.05) is 80.0 Å². The Bertz CT molecular complexity index is 1110. The fourth-order valence-corrected chi connectivity index (χ4v) is 4.20. The van der Waals surface area contributed by atoms with Gasteiger partial charge in [-0.05, 0) is 45.2 Å². The first kappa shape index (κ1) is 22.1. The summed E-state index contributed by atoms with van der Waals surface area (Å²) in [5.41, 5.74) is 3.37. The molecule has 0 saturated carbocycles. The minimum Gasteiger partial charge on any atom is -0.284 e. The summed E-state index contributed by atoms with van der Waals surface area (Å²) in [7, 11) is 0. The molecule has 32 heavy (non-hydrogen) atoms. The number of hydrogen-bond acceptors (Lipinski definition) is 5. The fourth-order valence-electron chi connectivity index (χ4n) is 4.00. The van der Waals surface area contributed by atoms with Gasteiger partial charge in [0, 0.05) is 30.5 Å². The second-order valence-corrected chi connectivity index (χ2v) is 8.63. The van der Waals surface area contributed by atoms with Crippen molar-refractivity contribution in [2.75, 3.05) is 0 Å². The highest BCUT2D eigenvalue weighted by Gasteiger charge is 2.30. The largest absolute Gasteiger partial charge is 0.284 e. The lowest BCUT2D eigenvalue weighted by Gasteiger charge is -2.34. The molecule has 6 nitrogen and oxygen atoms in total. The van der Waals surface area contributed by atoms with E-state index in [2.05, 4.69) is 63.5 Å². The molecule has 164 valence electrons. The molecule has 4 aromatic rings. The van der Waals surface area contributed by atoms with Crippen LogP contribution in [0.4, 0.5) is 0 Å². The normalized spacial score (nSPS) is 12.4. The van der Waals surface area contributed by atoms with E-state index in [0.717, 1.165) is 27.5 Å². The lowest BCUT2D eigenvalue weighted by Crippen LogP contribution is -2.34. The smallest absolute Gasteiger partial charge is 0.169 e. The monoisotopic (exact) mass is 446 g/mol. The molecule has 0 bridgehead atoms. The molecule has 0 radical (unpaired) electrons. The Labute approximate surface area is 193 Å². The van der Waals surface area contributed by atoms with Crippen molar-refractivity contribution < 1.29 is 0 Å². The Balaban J connectivity index is 1.70. The predicted octanol–water partition coefficient (Wildman–Crippen LogP) is 5.17. The van der Waals surface area contributed by atoms with E-state index in [1.807, 2.05) is 53.3 Å². The summed E-state index contributed by atoms with van der Waals surface area (Å²) in [6.07, 6.45) is 3.70. The Morgan fingerprint density at radius 3 is 2.38 bits per heavy atom. The molecule has 0 aliphatic carbocycles. The van der Waals surface area contributed by atoms with E-state index < -0.39 is 0 Å². The van der Waals surface area contributed by atoms with E-state index >= 15 is 0 Å². The van der Waals surface area contributed by atoms with E-state index in [9.17, 15) is 0 Å². The zero-order valence-corrected chi connectivity index (χ0v) is 19.1. The fraction of sp³-hybridized carbons (Fsp3) is 0.280. The van der Waals surface area contributed by atoms with Crippen LogP contribution in [-0.2, 0) is 19.6 Å². The molecule has 2 aromatic heterocycles. The van der Waals surface area contributed by atoms with Gasteiger partial charge in [0.25, 0.3) is 0 Å². The van der Waals surface area contributed by atoms with Gasteiger partial charge in [-0.15, -0.1) is 5.10 Å². The Kier molecular flexibility index (Phi) is 7.24. The van der Waals surface area contributed by atoms with Gasteiger partial charge < -0.3 is 0 Å². The summed E-state index contributed by atoms with van der Waals surface area (Å²) in [4.78, 5) is 6.69. The van der Waals surface area contributed by atoms with Gasteiger partial charge in [-0.2, -0.15) is 0 Å². The third-order valence-corrected chi connectivity index (χ3v) is 5.83. The number of halogens is 1. The standard InChI is InChI=1S/C25H27ClN6/c1-19(2)24(25-28-29-30-32(25)17-20-9-4-3-5-10-20)31(16-21-11-8-14-27-15-21)18-22-12-6-7-13-23(22)26/h3-15,19,24H,16-18H2,1-2H3/t24-/m1/s1. The predicted molar refractivity (Wildman–Crippen MR) is 126 cm³/mol. The SMILES string of the molecule is CC(C)[C@H](c1nnnn1Cc1ccccc1)N(Cc1cccnc1)Cc1ccccc1Cl. The van der Waals surface area contributed by atoms with Crippen LogP contribution in [0.2, 0.25) is 5.02 Å². The second-order valence-electron chi connectivity index (χ2n) is 8.23. The maximum absolute atomic E-state index is 6.53. The highest BCUT2D eigenvalue weighted by atomic mass is 35.5. The minimum absolute atomic E-state index is 0.00908. The first-order valence-corrected chi connectivity index (χ1v) is 11.2. The molecule has 0 saturated heterocycles. The summed E-state index contributed by atoms with van der Waals surface area (Å²) in [6, 6.07) is 22.3. The van der Waals surface area contributed by atoms with Gasteiger partial charge in [0.2, 0.25) is 0 Å². The van der Waals surface area contributed by atoms with E-state index in [-0.39, 0.29) is 12.0 Å². The van der Waals surface area contributed by atoms with Crippen molar-refractivity contribution >= 4 is 11.6 Å². The molecule has 0 aliphatic heterocycles. The summed E-state index contributed by atoms with van der Waals surface area (Å²) in [6.45, 7) is 6.42. The highest BCUT2D eigenvalue weighted by Crippen LogP contribution is 2.31. The van der Waals surface area contributed by atoms with E-state index in [1.165, 1.54) is 0 Å². The van der Waals surface area contributed by atoms with Crippen LogP contribution in [0.3, 0.4) is 0 Å². The molecular weight excluding hydrogens is 420 g/mol. The van der Waals surface area contributed by atoms with Gasteiger partial charge in [-0.3, -0.25) is 9.88 Å². The van der Waals surface area contributed by atoms with Crippen molar-refractivity contribution in [1.29, 1.82) is 0 Å². The van der Waals surface area contributed by atoms with Crippen LogP contribution >= 0.6 is 11.6 Å². The molecule has 2 aromatic carbocycles. The van der Waals surface area contributed by atoms with Crippen LogP contribution in [0.5, 0.6) is 0 Å². The zero-order chi connectivity index (χ0) is 22.3. The number of pyridine rings is 1. The number of hydrogen-bond donors (Lipinski definition) is 0. The molecule has 0 spiro atoms. The van der Waals surface area contributed by atoms with Crippen LogP contribution in [0.15, 0.2) is 79.1 Å². The Morgan fingerprint density at radius 1 is 0.906 bits per heavy atom. The third kappa shape index (κ3) is 5.39. The lowest BCUT2D eigenvalue weighted by molar-refractivity contribution is 0.126. The molecule has 7 heteroatoms. The maximum Gasteiger partial charge on any atom is 0.169 e. The van der Waals surface area contributed by atoms with Gasteiger partial charge in [-0.25, -0.2) is 4.68 Å². The molecular formula is C25H27ClN6. The molecule has 0 amide bonds. The topological polar surface area (TPSA) is 59.7 Å². The van der Waals surface area contributed by atoms with E-state index in [0.29, 0.717) is 19.6 Å². The van der Waals surface area contributed by atoms with Crippen molar-refractivity contribution in [3.05, 3.63) is 107 Å². The third-order valence-electron chi connectivity index (χ3n) is 5.46. The second kappa shape index (κ2) is 10.5. The first-order chi connectivity index (χ1) is 15.6. The van der Waals surface area contributed by atoms with Crippen molar-refractivity contribution in [2.24, 2.45) is 5.92 Å². The van der Waals surface area contributed by atoms with Crippen LogP contribution < -0.4 is 0 Å². The number of tetrazole rings is 1. The summed E-state index contributed by atoms with van der Waals surface area (Å²) < 4.78 is 1.91. The highest BCUT2D eigenvalue weighted by molar-refractivity contribution is 6.31. The molecule has 0 fully saturated rings. The summed E-state index contributed by atoms with van der Waals surface area (Å²) in [5.74, 6) is 1.12. The van der Waals surface area contributed by atoms with Crippen LogP contribution in [0, 0.1) is 5.92 Å². The molecule has 2 heterocycles. The average Bonchev–Trinajstić information content (AvgIpc) is 3.24. The lowest BCUT2D eigenvalue weighted by atomic mass is 9.99. The van der Waals surface area contributed by atoms with E-state index in [1.54, 1.807) is 6.20 Å². The van der Waals surface area contributed by atoms with Gasteiger partial charge in [0.05, 0.1) is 12.6 Å². The number of nitrogens with zero attached hydrogens (tertiary/aromatic N) is 6. The number of rotatable bonds is 9. The number of benzene rings is 2. The van der Waals surface area contributed by atoms with Crippen molar-refractivity contribution in [3.63, 3.8) is 0 Å². The molecule has 4 rings (SSSR count). The van der Waals surface area contributed by atoms with Crippen LogP contribution in [-0.4, -0.2) is 30.1 Å². The van der Waals surface area contributed by atoms with E-state index in [4.69, 9.17) is 11.6 Å². The summed E-state index contributed by atoms with van der Waals surface area (Å²) in [5, 5.41) is 13.6. The van der Waals surface area contributed by atoms with Crippen LogP contribution in [0.25, 0.3) is 0 Å².